The van der Waals surface area contributed by atoms with Crippen molar-refractivity contribution >= 4 is 28.8 Å². The molecule has 1 heterocycles. The second kappa shape index (κ2) is 7.49. The predicted octanol–water partition coefficient (Wildman–Crippen LogP) is 1.47. The summed E-state index contributed by atoms with van der Waals surface area (Å²) in [6, 6.07) is 8.88. The topological polar surface area (TPSA) is 79.8 Å². The molecule has 0 atom stereocenters. The van der Waals surface area contributed by atoms with Gasteiger partial charge in [0.05, 0.1) is 12.3 Å². The van der Waals surface area contributed by atoms with E-state index < -0.39 is 5.97 Å². The van der Waals surface area contributed by atoms with Crippen molar-refractivity contribution < 1.29 is 14.3 Å². The van der Waals surface area contributed by atoms with Crippen LogP contribution in [0.25, 0.3) is 0 Å². The molecule has 0 radical (unpaired) electrons. The van der Waals surface area contributed by atoms with Crippen LogP contribution in [0.5, 0.6) is 0 Å². The molecule has 0 fully saturated rings. The van der Waals surface area contributed by atoms with Gasteiger partial charge in [0.25, 0.3) is 5.91 Å². The molecule has 2 rings (SSSR count). The van der Waals surface area contributed by atoms with E-state index in [4.69, 9.17) is 4.74 Å². The molecule has 1 aliphatic rings. The summed E-state index contributed by atoms with van der Waals surface area (Å²) < 4.78 is 4.81. The minimum Gasteiger partial charge on any atom is -0.463 e. The maximum absolute atomic E-state index is 11.9. The maximum atomic E-state index is 11.9. The first-order valence-corrected chi connectivity index (χ1v) is 7.38. The maximum Gasteiger partial charge on any atom is 0.332 e. The number of hydrogen-bond acceptors (Lipinski definition) is 6. The first kappa shape index (κ1) is 15.1. The van der Waals surface area contributed by atoms with Crippen LogP contribution in [0.1, 0.15) is 17.3 Å². The van der Waals surface area contributed by atoms with E-state index in [0.29, 0.717) is 28.8 Å². The Balaban J connectivity index is 1.91. The second-order valence-electron chi connectivity index (χ2n) is 4.06. The molecule has 1 aromatic carbocycles. The third-order valence-corrected chi connectivity index (χ3v) is 3.42. The van der Waals surface area contributed by atoms with Gasteiger partial charge in [-0.05, 0) is 19.1 Å². The number of ether oxygens (including phenoxy) is 1. The number of benzene rings is 1. The van der Waals surface area contributed by atoms with Crippen molar-refractivity contribution in [2.24, 2.45) is 5.10 Å². The van der Waals surface area contributed by atoms with Crippen LogP contribution in [0.15, 0.2) is 47.2 Å². The molecule has 0 saturated heterocycles. The smallest absolute Gasteiger partial charge is 0.332 e. The number of esters is 1. The summed E-state index contributed by atoms with van der Waals surface area (Å²) in [4.78, 5) is 23.2. The Morgan fingerprint density at radius 2 is 2.19 bits per heavy atom. The van der Waals surface area contributed by atoms with Crippen LogP contribution < -0.4 is 10.7 Å². The lowest BCUT2D eigenvalue weighted by Crippen LogP contribution is -2.33. The van der Waals surface area contributed by atoms with Crippen LogP contribution in [-0.4, -0.2) is 29.4 Å². The van der Waals surface area contributed by atoms with Gasteiger partial charge < -0.3 is 4.74 Å². The second-order valence-corrected chi connectivity index (χ2v) is 5.02. The van der Waals surface area contributed by atoms with E-state index in [1.54, 1.807) is 31.2 Å². The fourth-order valence-electron chi connectivity index (χ4n) is 1.56. The molecule has 1 aromatic rings. The number of carbonyl (C=O) groups is 2. The standard InChI is InChI=1S/C14H15N3O3S/c1-2-20-12(18)8-11-9-21-14(17-16-11)15-13(19)10-6-4-3-5-7-10/h3-8,16H,2,9H2,1H3,(H,15,17,19)/b11-8-. The largest absolute Gasteiger partial charge is 0.463 e. The first-order chi connectivity index (χ1) is 10.2. The molecule has 2 N–H and O–H groups in total. The molecule has 0 aromatic heterocycles. The molecule has 0 saturated carbocycles. The molecule has 0 unspecified atom stereocenters. The summed E-state index contributed by atoms with van der Waals surface area (Å²) in [5.41, 5.74) is 3.93. The van der Waals surface area contributed by atoms with Crippen LogP contribution in [0.3, 0.4) is 0 Å². The molecule has 1 aliphatic heterocycles. The van der Waals surface area contributed by atoms with E-state index in [-0.39, 0.29) is 5.91 Å². The molecule has 6 nitrogen and oxygen atoms in total. The first-order valence-electron chi connectivity index (χ1n) is 6.39. The van der Waals surface area contributed by atoms with Crippen LogP contribution in [-0.2, 0) is 9.53 Å². The number of carbonyl (C=O) groups excluding carboxylic acids is 2. The highest BCUT2D eigenvalue weighted by Crippen LogP contribution is 2.13. The number of amidine groups is 1. The Morgan fingerprint density at radius 3 is 2.81 bits per heavy atom. The number of amides is 1. The third-order valence-electron chi connectivity index (χ3n) is 2.50. The molecule has 1 amide bonds. The summed E-state index contributed by atoms with van der Waals surface area (Å²) in [5.74, 6) is -0.124. The highest BCUT2D eigenvalue weighted by molar-refractivity contribution is 8.14. The summed E-state index contributed by atoms with van der Waals surface area (Å²) in [6.07, 6.45) is 1.36. The third kappa shape index (κ3) is 4.64. The number of hydrazone groups is 1. The zero-order chi connectivity index (χ0) is 15.1. The number of hydrogen-bond donors (Lipinski definition) is 2. The number of nitrogens with zero attached hydrogens (tertiary/aromatic N) is 1. The highest BCUT2D eigenvalue weighted by Gasteiger charge is 2.14. The molecule has 0 spiro atoms. The zero-order valence-electron chi connectivity index (χ0n) is 11.5. The van der Waals surface area contributed by atoms with Gasteiger partial charge in [-0.1, -0.05) is 30.0 Å². The Bertz CT molecular complexity index is 584. The van der Waals surface area contributed by atoms with E-state index in [2.05, 4.69) is 15.8 Å². The van der Waals surface area contributed by atoms with Gasteiger partial charge in [0, 0.05) is 17.4 Å². The fraction of sp³-hybridized carbons (Fsp3) is 0.214. The van der Waals surface area contributed by atoms with Gasteiger partial charge in [0.1, 0.15) is 0 Å². The molecule has 0 bridgehead atoms. The Kier molecular flexibility index (Phi) is 5.39. The quantitative estimate of drug-likeness (QED) is 0.653. The van der Waals surface area contributed by atoms with Gasteiger partial charge in [0.15, 0.2) is 5.17 Å². The lowest BCUT2D eigenvalue weighted by atomic mass is 10.2. The van der Waals surface area contributed by atoms with Crippen molar-refractivity contribution in [2.75, 3.05) is 12.4 Å². The summed E-state index contributed by atoms with van der Waals surface area (Å²) >= 11 is 1.33. The van der Waals surface area contributed by atoms with Gasteiger partial charge in [-0.2, -0.15) is 5.10 Å². The summed E-state index contributed by atoms with van der Waals surface area (Å²) in [5, 5.41) is 7.18. The Labute approximate surface area is 126 Å². The molecular weight excluding hydrogens is 290 g/mol. The summed E-state index contributed by atoms with van der Waals surface area (Å²) in [7, 11) is 0. The molecule has 7 heteroatoms. The van der Waals surface area contributed by atoms with E-state index >= 15 is 0 Å². The SMILES string of the molecule is CCOC(=O)/C=C1/CSC(NC(=O)c2ccccc2)=NN1. The van der Waals surface area contributed by atoms with Crippen LogP contribution in [0.4, 0.5) is 0 Å². The predicted molar refractivity (Wildman–Crippen MR) is 81.7 cm³/mol. The minimum absolute atomic E-state index is 0.221. The van der Waals surface area contributed by atoms with E-state index in [1.165, 1.54) is 17.8 Å². The minimum atomic E-state index is -0.410. The fourth-order valence-corrected chi connectivity index (χ4v) is 2.27. The van der Waals surface area contributed by atoms with Gasteiger partial charge in [0.2, 0.25) is 0 Å². The van der Waals surface area contributed by atoms with Crippen LogP contribution >= 0.6 is 11.8 Å². The van der Waals surface area contributed by atoms with Crippen molar-refractivity contribution in [3.63, 3.8) is 0 Å². The lowest BCUT2D eigenvalue weighted by molar-refractivity contribution is -0.137. The Morgan fingerprint density at radius 1 is 1.43 bits per heavy atom. The van der Waals surface area contributed by atoms with Crippen molar-refractivity contribution in [3.8, 4) is 0 Å². The van der Waals surface area contributed by atoms with E-state index in [1.807, 2.05) is 6.07 Å². The van der Waals surface area contributed by atoms with Crippen molar-refractivity contribution in [3.05, 3.63) is 47.7 Å². The lowest BCUT2D eigenvalue weighted by Gasteiger charge is -2.15. The molecular formula is C14H15N3O3S. The molecule has 0 aliphatic carbocycles. The van der Waals surface area contributed by atoms with E-state index in [9.17, 15) is 9.59 Å². The van der Waals surface area contributed by atoms with Crippen LogP contribution in [0.2, 0.25) is 0 Å². The number of nitrogens with one attached hydrogen (secondary N) is 2. The van der Waals surface area contributed by atoms with Gasteiger partial charge >= 0.3 is 5.97 Å². The average Bonchev–Trinajstić information content (AvgIpc) is 2.50. The van der Waals surface area contributed by atoms with Crippen molar-refractivity contribution in [1.29, 1.82) is 0 Å². The van der Waals surface area contributed by atoms with Gasteiger partial charge in [-0.25, -0.2) is 4.79 Å². The normalized spacial score (nSPS) is 15.9. The molecule has 21 heavy (non-hydrogen) atoms. The van der Waals surface area contributed by atoms with Gasteiger partial charge in [-0.15, -0.1) is 0 Å². The van der Waals surface area contributed by atoms with Crippen molar-refractivity contribution in [1.82, 2.24) is 10.7 Å². The monoisotopic (exact) mass is 305 g/mol. The van der Waals surface area contributed by atoms with E-state index in [0.717, 1.165) is 0 Å². The van der Waals surface area contributed by atoms with Gasteiger partial charge in [-0.3, -0.25) is 15.5 Å². The number of rotatable bonds is 3. The highest BCUT2D eigenvalue weighted by atomic mass is 32.2. The van der Waals surface area contributed by atoms with Crippen LogP contribution in [0, 0.1) is 0 Å². The average molecular weight is 305 g/mol. The summed E-state index contributed by atoms with van der Waals surface area (Å²) in [6.45, 7) is 2.08. The molecule has 110 valence electrons. The number of thioether (sulfide) groups is 1. The Hall–Kier alpha value is -2.28. The zero-order valence-corrected chi connectivity index (χ0v) is 12.3. The van der Waals surface area contributed by atoms with Crippen molar-refractivity contribution in [2.45, 2.75) is 6.92 Å².